The van der Waals surface area contributed by atoms with Gasteiger partial charge in [-0.25, -0.2) is 0 Å². The molecule has 4 nitrogen and oxygen atoms in total. The molecule has 0 unspecified atom stereocenters. The fraction of sp³-hybridized carbons (Fsp3) is 0.909. The van der Waals surface area contributed by atoms with Crippen LogP contribution in [0.25, 0.3) is 0 Å². The van der Waals surface area contributed by atoms with Crippen LogP contribution in [0.15, 0.2) is 0 Å². The zero-order valence-corrected chi connectivity index (χ0v) is 9.19. The topological polar surface area (TPSA) is 49.8 Å². The second-order valence-electron chi connectivity index (χ2n) is 4.36. The molecule has 2 aliphatic rings. The van der Waals surface area contributed by atoms with Gasteiger partial charge in [-0.2, -0.15) is 0 Å². The molecule has 0 spiro atoms. The summed E-state index contributed by atoms with van der Waals surface area (Å²) in [5.74, 6) is -0.115. The lowest BCUT2D eigenvalue weighted by atomic mass is 9.94. The summed E-state index contributed by atoms with van der Waals surface area (Å²) >= 11 is 0. The Morgan fingerprint density at radius 3 is 3.00 bits per heavy atom. The number of carbonyl (C=O) groups is 1. The fourth-order valence-electron chi connectivity index (χ4n) is 2.79. The van der Waals surface area contributed by atoms with E-state index in [9.17, 15) is 9.90 Å². The van der Waals surface area contributed by atoms with Gasteiger partial charge in [0.05, 0.1) is 12.7 Å². The van der Waals surface area contributed by atoms with E-state index in [4.69, 9.17) is 4.74 Å². The quantitative estimate of drug-likeness (QED) is 0.680. The van der Waals surface area contributed by atoms with E-state index in [0.717, 1.165) is 32.2 Å². The number of piperidine rings is 1. The van der Waals surface area contributed by atoms with Crippen LogP contribution in [-0.4, -0.2) is 47.3 Å². The fourth-order valence-corrected chi connectivity index (χ4v) is 2.79. The molecule has 86 valence electrons. The number of carbonyl (C=O) groups excluding carboxylic acids is 1. The molecule has 0 amide bonds. The highest BCUT2D eigenvalue weighted by atomic mass is 16.5. The highest BCUT2D eigenvalue weighted by Gasteiger charge is 2.42. The van der Waals surface area contributed by atoms with Crippen LogP contribution in [0.4, 0.5) is 0 Å². The molecule has 2 fully saturated rings. The molecule has 0 saturated carbocycles. The van der Waals surface area contributed by atoms with E-state index < -0.39 is 0 Å². The summed E-state index contributed by atoms with van der Waals surface area (Å²) in [6, 6.07) is 0.0778. The van der Waals surface area contributed by atoms with Crippen LogP contribution in [0, 0.1) is 0 Å². The van der Waals surface area contributed by atoms with E-state index in [-0.39, 0.29) is 24.2 Å². The first kappa shape index (κ1) is 10.9. The van der Waals surface area contributed by atoms with Gasteiger partial charge < -0.3 is 9.84 Å². The van der Waals surface area contributed by atoms with Crippen LogP contribution >= 0.6 is 0 Å². The van der Waals surface area contributed by atoms with Crippen molar-refractivity contribution >= 4 is 5.97 Å². The van der Waals surface area contributed by atoms with E-state index in [1.165, 1.54) is 0 Å². The van der Waals surface area contributed by atoms with Crippen LogP contribution in [0.2, 0.25) is 0 Å². The first-order valence-corrected chi connectivity index (χ1v) is 5.84. The maximum Gasteiger partial charge on any atom is 0.323 e. The molecule has 1 N–H and O–H groups in total. The van der Waals surface area contributed by atoms with Gasteiger partial charge in [0.1, 0.15) is 6.04 Å². The van der Waals surface area contributed by atoms with E-state index in [1.807, 2.05) is 6.92 Å². The molecule has 15 heavy (non-hydrogen) atoms. The van der Waals surface area contributed by atoms with Gasteiger partial charge in [-0.05, 0) is 39.2 Å². The standard InChI is InChI=1S/C11H19NO3/c1-2-15-11(14)9-5-6-10(13)8-4-3-7-12(8)9/h8-10,13H,2-7H2,1H3/t8-,9-,10-/m0/s1. The van der Waals surface area contributed by atoms with Crippen LogP contribution in [0.5, 0.6) is 0 Å². The van der Waals surface area contributed by atoms with Crippen molar-refractivity contribution < 1.29 is 14.6 Å². The van der Waals surface area contributed by atoms with Crippen molar-refractivity contribution in [2.24, 2.45) is 0 Å². The zero-order valence-electron chi connectivity index (χ0n) is 9.19. The van der Waals surface area contributed by atoms with Gasteiger partial charge >= 0.3 is 5.97 Å². The molecule has 2 heterocycles. The molecule has 0 bridgehead atoms. The number of aliphatic hydroxyl groups is 1. The number of nitrogens with zero attached hydrogens (tertiary/aromatic N) is 1. The number of hydrogen-bond donors (Lipinski definition) is 1. The first-order chi connectivity index (χ1) is 7.24. The van der Waals surface area contributed by atoms with Crippen LogP contribution in [0.1, 0.15) is 32.6 Å². The highest BCUT2D eigenvalue weighted by molar-refractivity contribution is 5.76. The number of fused-ring (bicyclic) bond motifs is 1. The second-order valence-corrected chi connectivity index (χ2v) is 4.36. The molecule has 4 heteroatoms. The van der Waals surface area contributed by atoms with Crippen LogP contribution < -0.4 is 0 Å². The van der Waals surface area contributed by atoms with Gasteiger partial charge in [-0.3, -0.25) is 9.69 Å². The van der Waals surface area contributed by atoms with Gasteiger partial charge in [-0.15, -0.1) is 0 Å². The molecule has 0 aromatic heterocycles. The third-order valence-corrected chi connectivity index (χ3v) is 3.48. The molecular weight excluding hydrogens is 194 g/mol. The third kappa shape index (κ3) is 2.01. The lowest BCUT2D eigenvalue weighted by Crippen LogP contribution is -2.53. The van der Waals surface area contributed by atoms with Crippen LogP contribution in [-0.2, 0) is 9.53 Å². The normalized spacial score (nSPS) is 36.3. The summed E-state index contributed by atoms with van der Waals surface area (Å²) in [7, 11) is 0. The summed E-state index contributed by atoms with van der Waals surface area (Å²) < 4.78 is 5.06. The van der Waals surface area contributed by atoms with E-state index in [1.54, 1.807) is 0 Å². The van der Waals surface area contributed by atoms with Gasteiger partial charge in [0.25, 0.3) is 0 Å². The Morgan fingerprint density at radius 2 is 2.27 bits per heavy atom. The number of hydrogen-bond acceptors (Lipinski definition) is 4. The summed E-state index contributed by atoms with van der Waals surface area (Å²) in [4.78, 5) is 13.8. The van der Waals surface area contributed by atoms with Gasteiger partial charge in [0.2, 0.25) is 0 Å². The maximum atomic E-state index is 11.7. The van der Waals surface area contributed by atoms with Crippen molar-refractivity contribution in [1.82, 2.24) is 4.90 Å². The van der Waals surface area contributed by atoms with E-state index >= 15 is 0 Å². The van der Waals surface area contributed by atoms with Crippen molar-refractivity contribution in [2.45, 2.75) is 50.8 Å². The predicted octanol–water partition coefficient (Wildman–Crippen LogP) is 0.537. The van der Waals surface area contributed by atoms with Gasteiger partial charge in [-0.1, -0.05) is 0 Å². The molecule has 2 saturated heterocycles. The molecule has 2 rings (SSSR count). The molecule has 0 aromatic rings. The SMILES string of the molecule is CCOC(=O)[C@@H]1CC[C@H](O)[C@@H]2CCCN12. The Morgan fingerprint density at radius 1 is 1.47 bits per heavy atom. The smallest absolute Gasteiger partial charge is 0.323 e. The molecule has 0 aromatic carbocycles. The number of rotatable bonds is 2. The monoisotopic (exact) mass is 213 g/mol. The Balaban J connectivity index is 2.03. The average molecular weight is 213 g/mol. The molecule has 2 aliphatic heterocycles. The van der Waals surface area contributed by atoms with Crippen molar-refractivity contribution in [3.8, 4) is 0 Å². The number of aliphatic hydroxyl groups excluding tert-OH is 1. The molecule has 3 atom stereocenters. The number of ether oxygens (including phenoxy) is 1. The largest absolute Gasteiger partial charge is 0.465 e. The minimum Gasteiger partial charge on any atom is -0.465 e. The Labute approximate surface area is 90.2 Å². The predicted molar refractivity (Wildman–Crippen MR) is 55.4 cm³/mol. The van der Waals surface area contributed by atoms with Crippen molar-refractivity contribution in [2.75, 3.05) is 13.2 Å². The number of esters is 1. The lowest BCUT2D eigenvalue weighted by molar-refractivity contribution is -0.153. The van der Waals surface area contributed by atoms with Crippen molar-refractivity contribution in [1.29, 1.82) is 0 Å². The maximum absolute atomic E-state index is 11.7. The first-order valence-electron chi connectivity index (χ1n) is 5.84. The van der Waals surface area contributed by atoms with Gasteiger partial charge in [0.15, 0.2) is 0 Å². The molecular formula is C11H19NO3. The van der Waals surface area contributed by atoms with E-state index in [2.05, 4.69) is 4.90 Å². The summed E-state index contributed by atoms with van der Waals surface area (Å²) in [6.07, 6.45) is 3.30. The molecule has 0 radical (unpaired) electrons. The third-order valence-electron chi connectivity index (χ3n) is 3.48. The van der Waals surface area contributed by atoms with E-state index in [0.29, 0.717) is 6.61 Å². The second kappa shape index (κ2) is 4.49. The Hall–Kier alpha value is -0.610. The summed E-state index contributed by atoms with van der Waals surface area (Å²) in [5.41, 5.74) is 0. The Kier molecular flexibility index (Phi) is 3.26. The lowest BCUT2D eigenvalue weighted by Gasteiger charge is -2.38. The zero-order chi connectivity index (χ0) is 10.8. The summed E-state index contributed by atoms with van der Waals surface area (Å²) in [5, 5.41) is 9.82. The Bertz CT molecular complexity index is 244. The average Bonchev–Trinajstić information content (AvgIpc) is 2.68. The minimum absolute atomic E-state index is 0.110. The molecule has 0 aliphatic carbocycles. The van der Waals surface area contributed by atoms with Crippen molar-refractivity contribution in [3.05, 3.63) is 0 Å². The van der Waals surface area contributed by atoms with Crippen LogP contribution in [0.3, 0.4) is 0 Å². The van der Waals surface area contributed by atoms with Crippen molar-refractivity contribution in [3.63, 3.8) is 0 Å². The highest BCUT2D eigenvalue weighted by Crippen LogP contribution is 2.31. The van der Waals surface area contributed by atoms with Gasteiger partial charge in [0, 0.05) is 6.04 Å². The summed E-state index contributed by atoms with van der Waals surface area (Å²) in [6.45, 7) is 3.19. The minimum atomic E-state index is -0.252.